The number of rotatable bonds is 8. The predicted octanol–water partition coefficient (Wildman–Crippen LogP) is 4.20. The molecule has 6 nitrogen and oxygen atoms in total. The lowest BCUT2D eigenvalue weighted by Crippen LogP contribution is -2.28. The first-order chi connectivity index (χ1) is 14.2. The van der Waals surface area contributed by atoms with Crippen LogP contribution in [-0.4, -0.2) is 25.6 Å². The van der Waals surface area contributed by atoms with Crippen LogP contribution in [0.4, 0.5) is 0 Å². The van der Waals surface area contributed by atoms with Crippen molar-refractivity contribution in [3.8, 4) is 5.75 Å². The Balaban J connectivity index is 1.51. The van der Waals surface area contributed by atoms with E-state index in [0.717, 1.165) is 16.8 Å². The van der Waals surface area contributed by atoms with Crippen molar-refractivity contribution in [1.82, 2.24) is 10.3 Å². The summed E-state index contributed by atoms with van der Waals surface area (Å²) in [6.07, 6.45) is 1.32. The summed E-state index contributed by atoms with van der Waals surface area (Å²) >= 11 is 7.29. The van der Waals surface area contributed by atoms with Crippen molar-refractivity contribution in [3.63, 3.8) is 0 Å². The van der Waals surface area contributed by atoms with Crippen LogP contribution in [0, 0.1) is 0 Å². The molecule has 0 radical (unpaired) electrons. The summed E-state index contributed by atoms with van der Waals surface area (Å²) in [6.45, 7) is 2.16. The Morgan fingerprint density at radius 2 is 1.83 bits per heavy atom. The van der Waals surface area contributed by atoms with E-state index in [-0.39, 0.29) is 23.3 Å². The standard InChI is InChI=1S/C21H21ClN2O4S2/c1-14(15-3-9-19(10-4-15)30(2,26)27)23-20(25)11-17-13-29-21(24-17)12-28-18-7-5-16(22)6-8-18/h3-10,13-14H,11-12H2,1-2H3,(H,23,25). The highest BCUT2D eigenvalue weighted by Gasteiger charge is 2.14. The molecule has 0 aliphatic heterocycles. The maximum atomic E-state index is 12.4. The third-order valence-corrected chi connectivity index (χ3v) is 6.55. The lowest BCUT2D eigenvalue weighted by Gasteiger charge is -2.14. The molecular formula is C21H21ClN2O4S2. The number of carbonyl (C=O) groups is 1. The summed E-state index contributed by atoms with van der Waals surface area (Å²) in [5.41, 5.74) is 1.50. The molecule has 2 aromatic carbocycles. The minimum atomic E-state index is -3.24. The Hall–Kier alpha value is -2.42. The van der Waals surface area contributed by atoms with Gasteiger partial charge in [0.05, 0.1) is 23.1 Å². The fourth-order valence-electron chi connectivity index (χ4n) is 2.72. The van der Waals surface area contributed by atoms with Crippen LogP contribution in [0.1, 0.15) is 29.2 Å². The Labute approximate surface area is 184 Å². The molecule has 0 aliphatic carbocycles. The number of hydrogen-bond acceptors (Lipinski definition) is 6. The van der Waals surface area contributed by atoms with Crippen LogP contribution >= 0.6 is 22.9 Å². The molecule has 1 unspecified atom stereocenters. The van der Waals surface area contributed by atoms with Gasteiger partial charge in [-0.1, -0.05) is 23.7 Å². The zero-order valence-electron chi connectivity index (χ0n) is 16.5. The number of thiazole rings is 1. The third-order valence-electron chi connectivity index (χ3n) is 4.30. The quantitative estimate of drug-likeness (QED) is 0.540. The highest BCUT2D eigenvalue weighted by Crippen LogP contribution is 2.19. The lowest BCUT2D eigenvalue weighted by molar-refractivity contribution is -0.121. The Morgan fingerprint density at radius 3 is 2.47 bits per heavy atom. The molecule has 1 atom stereocenters. The average molecular weight is 465 g/mol. The number of carbonyl (C=O) groups excluding carboxylic acids is 1. The van der Waals surface area contributed by atoms with Gasteiger partial charge in [-0.15, -0.1) is 11.3 Å². The second-order valence-electron chi connectivity index (χ2n) is 6.78. The summed E-state index contributed by atoms with van der Waals surface area (Å²) in [5, 5.41) is 6.17. The lowest BCUT2D eigenvalue weighted by atomic mass is 10.1. The number of amides is 1. The van der Waals surface area contributed by atoms with E-state index in [4.69, 9.17) is 16.3 Å². The Kier molecular flexibility index (Phi) is 7.12. The van der Waals surface area contributed by atoms with Gasteiger partial charge in [-0.3, -0.25) is 4.79 Å². The normalized spacial score (nSPS) is 12.4. The van der Waals surface area contributed by atoms with Crippen molar-refractivity contribution in [2.24, 2.45) is 0 Å². The van der Waals surface area contributed by atoms with Gasteiger partial charge in [0.15, 0.2) is 9.84 Å². The Morgan fingerprint density at radius 1 is 1.17 bits per heavy atom. The van der Waals surface area contributed by atoms with Crippen molar-refractivity contribution >= 4 is 38.7 Å². The van der Waals surface area contributed by atoms with Gasteiger partial charge in [0.2, 0.25) is 5.91 Å². The zero-order chi connectivity index (χ0) is 21.7. The van der Waals surface area contributed by atoms with Crippen LogP contribution in [0.25, 0.3) is 0 Å². The first-order valence-corrected chi connectivity index (χ1v) is 12.3. The first kappa shape index (κ1) is 22.3. The third kappa shape index (κ3) is 6.29. The number of hydrogen-bond donors (Lipinski definition) is 1. The van der Waals surface area contributed by atoms with E-state index in [0.29, 0.717) is 23.1 Å². The fraction of sp³-hybridized carbons (Fsp3) is 0.238. The van der Waals surface area contributed by atoms with E-state index in [1.807, 2.05) is 12.3 Å². The maximum absolute atomic E-state index is 12.4. The largest absolute Gasteiger partial charge is 0.486 e. The van der Waals surface area contributed by atoms with Crippen LogP contribution in [-0.2, 0) is 27.7 Å². The molecule has 0 aliphatic rings. The molecule has 0 saturated heterocycles. The van der Waals surface area contributed by atoms with Crippen LogP contribution in [0.3, 0.4) is 0 Å². The monoisotopic (exact) mass is 464 g/mol. The minimum Gasteiger partial charge on any atom is -0.486 e. The van der Waals surface area contributed by atoms with Crippen molar-refractivity contribution in [2.75, 3.05) is 6.26 Å². The van der Waals surface area contributed by atoms with E-state index in [1.54, 1.807) is 48.5 Å². The van der Waals surface area contributed by atoms with Crippen molar-refractivity contribution < 1.29 is 17.9 Å². The van der Waals surface area contributed by atoms with Gasteiger partial charge in [-0.05, 0) is 48.9 Å². The second kappa shape index (κ2) is 9.59. The van der Waals surface area contributed by atoms with Crippen LogP contribution in [0.15, 0.2) is 58.8 Å². The molecule has 30 heavy (non-hydrogen) atoms. The molecule has 0 saturated carbocycles. The van der Waals surface area contributed by atoms with E-state index >= 15 is 0 Å². The number of nitrogens with one attached hydrogen (secondary N) is 1. The van der Waals surface area contributed by atoms with E-state index in [1.165, 1.54) is 11.3 Å². The van der Waals surface area contributed by atoms with Crippen LogP contribution < -0.4 is 10.1 Å². The highest BCUT2D eigenvalue weighted by atomic mass is 35.5. The number of aromatic nitrogens is 1. The summed E-state index contributed by atoms with van der Waals surface area (Å²) in [5.74, 6) is 0.537. The summed E-state index contributed by atoms with van der Waals surface area (Å²) in [4.78, 5) is 17.0. The predicted molar refractivity (Wildman–Crippen MR) is 118 cm³/mol. The minimum absolute atomic E-state index is 0.156. The summed E-state index contributed by atoms with van der Waals surface area (Å²) in [7, 11) is -3.24. The molecular weight excluding hydrogens is 444 g/mol. The van der Waals surface area contributed by atoms with E-state index in [2.05, 4.69) is 10.3 Å². The van der Waals surface area contributed by atoms with Gasteiger partial charge in [0, 0.05) is 16.7 Å². The topological polar surface area (TPSA) is 85.4 Å². The molecule has 0 bridgehead atoms. The molecule has 0 spiro atoms. The maximum Gasteiger partial charge on any atom is 0.226 e. The summed E-state index contributed by atoms with van der Waals surface area (Å²) in [6, 6.07) is 13.3. The van der Waals surface area contributed by atoms with Gasteiger partial charge in [-0.2, -0.15) is 0 Å². The van der Waals surface area contributed by atoms with Crippen molar-refractivity contribution in [3.05, 3.63) is 75.2 Å². The van der Waals surface area contributed by atoms with Crippen molar-refractivity contribution in [1.29, 1.82) is 0 Å². The van der Waals surface area contributed by atoms with Gasteiger partial charge >= 0.3 is 0 Å². The number of nitrogens with zero attached hydrogens (tertiary/aromatic N) is 1. The zero-order valence-corrected chi connectivity index (χ0v) is 18.9. The SMILES string of the molecule is CC(NC(=O)Cc1csc(COc2ccc(Cl)cc2)n1)c1ccc(S(C)(=O)=O)cc1. The second-order valence-corrected chi connectivity index (χ2v) is 10.2. The van der Waals surface area contributed by atoms with Crippen LogP contribution in [0.5, 0.6) is 5.75 Å². The van der Waals surface area contributed by atoms with Crippen molar-refractivity contribution in [2.45, 2.75) is 30.9 Å². The van der Waals surface area contributed by atoms with Gasteiger partial charge in [0.1, 0.15) is 17.4 Å². The molecule has 1 heterocycles. The fourth-order valence-corrected chi connectivity index (χ4v) is 4.18. The molecule has 158 valence electrons. The molecule has 1 aromatic heterocycles. The Bertz CT molecular complexity index is 1110. The van der Waals surface area contributed by atoms with E-state index < -0.39 is 9.84 Å². The first-order valence-electron chi connectivity index (χ1n) is 9.12. The molecule has 3 rings (SSSR count). The number of benzene rings is 2. The highest BCUT2D eigenvalue weighted by molar-refractivity contribution is 7.90. The molecule has 0 fully saturated rings. The summed E-state index contributed by atoms with van der Waals surface area (Å²) < 4.78 is 28.8. The number of halogens is 1. The van der Waals surface area contributed by atoms with Gasteiger partial charge < -0.3 is 10.1 Å². The molecule has 3 aromatic rings. The number of ether oxygens (including phenoxy) is 1. The van der Waals surface area contributed by atoms with Gasteiger partial charge in [0.25, 0.3) is 0 Å². The van der Waals surface area contributed by atoms with Crippen LogP contribution in [0.2, 0.25) is 5.02 Å². The molecule has 9 heteroatoms. The smallest absolute Gasteiger partial charge is 0.226 e. The molecule has 1 N–H and O–H groups in total. The van der Waals surface area contributed by atoms with E-state index in [9.17, 15) is 13.2 Å². The van der Waals surface area contributed by atoms with Gasteiger partial charge in [-0.25, -0.2) is 13.4 Å². The average Bonchev–Trinajstić information content (AvgIpc) is 3.14. The molecule has 1 amide bonds. The number of sulfone groups is 1.